The van der Waals surface area contributed by atoms with E-state index < -0.39 is 0 Å². The van der Waals surface area contributed by atoms with E-state index in [1.54, 1.807) is 6.20 Å². The van der Waals surface area contributed by atoms with Gasteiger partial charge in [0, 0.05) is 42.0 Å². The van der Waals surface area contributed by atoms with Gasteiger partial charge in [-0.05, 0) is 17.2 Å². The number of carbonyl (C=O) groups excluding carboxylic acids is 1. The lowest BCUT2D eigenvalue weighted by molar-refractivity contribution is -0.117. The number of carbonyl (C=O) groups is 1. The molecule has 1 amide bonds. The number of nitrogens with zero attached hydrogens (tertiary/aromatic N) is 1. The molecule has 5 rings (SSSR count). The molecule has 27 heavy (non-hydrogen) atoms. The van der Waals surface area contributed by atoms with Crippen LogP contribution in [-0.2, 0) is 11.3 Å². The van der Waals surface area contributed by atoms with Gasteiger partial charge >= 0.3 is 0 Å². The van der Waals surface area contributed by atoms with Crippen LogP contribution in [0, 0.1) is 0 Å². The standard InChI is InChI=1S/C21H19N5O/c27-21(18-11-22-8-13-4-1-2-5-15(13)18)26-19-7-3-6-16-17(12-23-20(16)19)14-9-24-25-10-14/h1-7,9-10,12,18,22-23H,8,11H2,(H,24,25)(H,26,27). The van der Waals surface area contributed by atoms with Crippen LogP contribution in [0.3, 0.4) is 0 Å². The third-order valence-electron chi connectivity index (χ3n) is 5.19. The van der Waals surface area contributed by atoms with Crippen molar-refractivity contribution in [2.45, 2.75) is 12.5 Å². The maximum absolute atomic E-state index is 13.0. The molecule has 0 fully saturated rings. The van der Waals surface area contributed by atoms with Gasteiger partial charge in [0.15, 0.2) is 0 Å². The number of anilines is 1. The Morgan fingerprint density at radius 1 is 1.11 bits per heavy atom. The van der Waals surface area contributed by atoms with Gasteiger partial charge in [-0.2, -0.15) is 5.10 Å². The summed E-state index contributed by atoms with van der Waals surface area (Å²) < 4.78 is 0. The molecule has 0 radical (unpaired) electrons. The molecule has 3 heterocycles. The van der Waals surface area contributed by atoms with Crippen LogP contribution in [0.25, 0.3) is 22.0 Å². The lowest BCUT2D eigenvalue weighted by Gasteiger charge is -2.25. The highest BCUT2D eigenvalue weighted by Gasteiger charge is 2.26. The number of para-hydroxylation sites is 1. The van der Waals surface area contributed by atoms with Crippen LogP contribution >= 0.6 is 0 Å². The maximum atomic E-state index is 13.0. The van der Waals surface area contributed by atoms with Crippen LogP contribution in [0.4, 0.5) is 5.69 Å². The number of hydrogen-bond donors (Lipinski definition) is 4. The first kappa shape index (κ1) is 15.8. The Labute approximate surface area is 156 Å². The van der Waals surface area contributed by atoms with E-state index in [4.69, 9.17) is 0 Å². The van der Waals surface area contributed by atoms with E-state index >= 15 is 0 Å². The molecule has 6 nitrogen and oxygen atoms in total. The molecule has 0 saturated heterocycles. The predicted octanol–water partition coefficient (Wildman–Crippen LogP) is 3.38. The Morgan fingerprint density at radius 2 is 2.04 bits per heavy atom. The molecule has 1 aliphatic rings. The highest BCUT2D eigenvalue weighted by Crippen LogP contribution is 2.33. The number of aromatic nitrogens is 3. The third kappa shape index (κ3) is 2.71. The summed E-state index contributed by atoms with van der Waals surface area (Å²) in [6.07, 6.45) is 5.60. The summed E-state index contributed by atoms with van der Waals surface area (Å²) in [5.41, 5.74) is 6.06. The lowest BCUT2D eigenvalue weighted by atomic mass is 9.90. The van der Waals surface area contributed by atoms with Crippen molar-refractivity contribution in [1.82, 2.24) is 20.5 Å². The van der Waals surface area contributed by atoms with Crippen molar-refractivity contribution >= 4 is 22.5 Å². The minimum atomic E-state index is -0.200. The number of rotatable bonds is 3. The van der Waals surface area contributed by atoms with Crippen LogP contribution in [0.1, 0.15) is 17.0 Å². The summed E-state index contributed by atoms with van der Waals surface area (Å²) in [4.78, 5) is 16.3. The molecule has 0 spiro atoms. The molecule has 1 aliphatic heterocycles. The van der Waals surface area contributed by atoms with Crippen LogP contribution in [0.15, 0.2) is 61.1 Å². The summed E-state index contributed by atoms with van der Waals surface area (Å²) in [5.74, 6) is -0.199. The van der Waals surface area contributed by atoms with Crippen LogP contribution < -0.4 is 10.6 Å². The normalized spacial score (nSPS) is 16.2. The van der Waals surface area contributed by atoms with Gasteiger partial charge in [0.1, 0.15) is 0 Å². The molecule has 1 atom stereocenters. The van der Waals surface area contributed by atoms with E-state index in [0.717, 1.165) is 39.8 Å². The summed E-state index contributed by atoms with van der Waals surface area (Å²) >= 11 is 0. The Bertz CT molecular complexity index is 1110. The molecule has 4 aromatic rings. The van der Waals surface area contributed by atoms with Crippen molar-refractivity contribution < 1.29 is 4.79 Å². The molecule has 6 heteroatoms. The van der Waals surface area contributed by atoms with E-state index in [0.29, 0.717) is 6.54 Å². The lowest BCUT2D eigenvalue weighted by Crippen LogP contribution is -2.35. The van der Waals surface area contributed by atoms with Crippen molar-refractivity contribution in [2.24, 2.45) is 0 Å². The summed E-state index contributed by atoms with van der Waals surface area (Å²) in [6.45, 7) is 1.45. The fourth-order valence-electron chi connectivity index (χ4n) is 3.85. The van der Waals surface area contributed by atoms with E-state index in [1.807, 2.05) is 48.8 Å². The van der Waals surface area contributed by atoms with Gasteiger partial charge in [0.05, 0.1) is 23.3 Å². The van der Waals surface area contributed by atoms with Gasteiger partial charge in [0.25, 0.3) is 0 Å². The summed E-state index contributed by atoms with van der Waals surface area (Å²) in [7, 11) is 0. The predicted molar refractivity (Wildman–Crippen MR) is 105 cm³/mol. The number of H-pyrrole nitrogens is 2. The van der Waals surface area contributed by atoms with Gasteiger partial charge in [-0.3, -0.25) is 9.89 Å². The van der Waals surface area contributed by atoms with Crippen LogP contribution in [0.5, 0.6) is 0 Å². The van der Waals surface area contributed by atoms with Crippen molar-refractivity contribution in [2.75, 3.05) is 11.9 Å². The summed E-state index contributed by atoms with van der Waals surface area (Å²) in [6, 6.07) is 14.1. The fraction of sp³-hybridized carbons (Fsp3) is 0.143. The number of aromatic amines is 2. The van der Waals surface area contributed by atoms with E-state index in [1.165, 1.54) is 5.56 Å². The number of hydrogen-bond acceptors (Lipinski definition) is 3. The topological polar surface area (TPSA) is 85.6 Å². The van der Waals surface area contributed by atoms with E-state index in [9.17, 15) is 4.79 Å². The average Bonchev–Trinajstić information content (AvgIpc) is 3.37. The first-order chi connectivity index (χ1) is 13.3. The van der Waals surface area contributed by atoms with Gasteiger partial charge in [-0.25, -0.2) is 0 Å². The second-order valence-corrected chi connectivity index (χ2v) is 6.79. The molecule has 4 N–H and O–H groups in total. The van der Waals surface area contributed by atoms with E-state index in [-0.39, 0.29) is 11.8 Å². The van der Waals surface area contributed by atoms with Gasteiger partial charge in [-0.1, -0.05) is 36.4 Å². The Balaban J connectivity index is 1.48. The third-order valence-corrected chi connectivity index (χ3v) is 5.19. The Hall–Kier alpha value is -3.38. The van der Waals surface area contributed by atoms with Crippen molar-refractivity contribution in [3.63, 3.8) is 0 Å². The smallest absolute Gasteiger partial charge is 0.233 e. The second-order valence-electron chi connectivity index (χ2n) is 6.79. The van der Waals surface area contributed by atoms with E-state index in [2.05, 4.69) is 31.9 Å². The molecule has 2 aromatic carbocycles. The molecular weight excluding hydrogens is 338 g/mol. The number of amides is 1. The van der Waals surface area contributed by atoms with Gasteiger partial charge in [-0.15, -0.1) is 0 Å². The molecule has 0 aliphatic carbocycles. The zero-order chi connectivity index (χ0) is 18.2. The number of fused-ring (bicyclic) bond motifs is 2. The number of benzene rings is 2. The van der Waals surface area contributed by atoms with Crippen LogP contribution in [-0.4, -0.2) is 27.6 Å². The zero-order valence-electron chi connectivity index (χ0n) is 14.6. The van der Waals surface area contributed by atoms with Gasteiger partial charge < -0.3 is 15.6 Å². The Morgan fingerprint density at radius 3 is 2.93 bits per heavy atom. The average molecular weight is 357 g/mol. The minimum Gasteiger partial charge on any atom is -0.359 e. The molecule has 0 saturated carbocycles. The van der Waals surface area contributed by atoms with Crippen LogP contribution in [0.2, 0.25) is 0 Å². The van der Waals surface area contributed by atoms with Gasteiger partial charge in [0.2, 0.25) is 5.91 Å². The monoisotopic (exact) mass is 357 g/mol. The number of nitrogens with one attached hydrogen (secondary N) is 4. The SMILES string of the molecule is O=C(Nc1cccc2c(-c3cn[nH]c3)c[nH]c12)C1CNCc2ccccc21. The van der Waals surface area contributed by atoms with Crippen molar-refractivity contribution in [1.29, 1.82) is 0 Å². The molecule has 2 aromatic heterocycles. The largest absolute Gasteiger partial charge is 0.359 e. The zero-order valence-corrected chi connectivity index (χ0v) is 14.6. The second kappa shape index (κ2) is 6.41. The van der Waals surface area contributed by atoms with Crippen molar-refractivity contribution in [3.8, 4) is 11.1 Å². The Kier molecular flexibility index (Phi) is 3.76. The van der Waals surface area contributed by atoms with Crippen molar-refractivity contribution in [3.05, 3.63) is 72.2 Å². The molecule has 134 valence electrons. The molecule has 1 unspecified atom stereocenters. The molecule has 0 bridgehead atoms. The first-order valence-electron chi connectivity index (χ1n) is 9.00. The maximum Gasteiger partial charge on any atom is 0.233 e. The highest BCUT2D eigenvalue weighted by atomic mass is 16.1. The minimum absolute atomic E-state index is 0.00149. The summed E-state index contributed by atoms with van der Waals surface area (Å²) in [5, 5.41) is 14.4. The quantitative estimate of drug-likeness (QED) is 0.453. The molecular formula is C21H19N5O. The fourth-order valence-corrected chi connectivity index (χ4v) is 3.85. The highest BCUT2D eigenvalue weighted by molar-refractivity contribution is 6.07. The first-order valence-corrected chi connectivity index (χ1v) is 9.00.